The van der Waals surface area contributed by atoms with Crippen LogP contribution in [0.5, 0.6) is 0 Å². The van der Waals surface area contributed by atoms with Gasteiger partial charge in [0.15, 0.2) is 11.6 Å². The Labute approximate surface area is 328 Å². The number of hydrogen-bond acceptors (Lipinski definition) is 4. The fraction of sp³-hybridized carbons (Fsp3) is 0.0392. The minimum absolute atomic E-state index is 0.0752. The molecule has 5 heteroatoms. The van der Waals surface area contributed by atoms with E-state index in [0.717, 1.165) is 50.7 Å². The lowest BCUT2D eigenvalue weighted by atomic mass is 9.95. The van der Waals surface area contributed by atoms with Crippen LogP contribution in [-0.4, -0.2) is 19.9 Å². The van der Waals surface area contributed by atoms with E-state index in [1.54, 1.807) is 0 Å². The molecule has 56 heavy (non-hydrogen) atoms. The Morgan fingerprint density at radius 1 is 0.482 bits per heavy atom. The van der Waals surface area contributed by atoms with Crippen molar-refractivity contribution in [3.8, 4) is 56.2 Å². The maximum atomic E-state index is 5.19. The minimum atomic E-state index is 0.0752. The Balaban J connectivity index is 1.06. The number of benzene rings is 7. The zero-order valence-electron chi connectivity index (χ0n) is 30.4. The van der Waals surface area contributed by atoms with Crippen molar-refractivity contribution in [1.29, 1.82) is 0 Å². The summed E-state index contributed by atoms with van der Waals surface area (Å²) >= 11 is 1.87. The smallest absolute Gasteiger partial charge is 0.164 e. The van der Waals surface area contributed by atoms with Gasteiger partial charge in [-0.05, 0) is 64.6 Å². The van der Waals surface area contributed by atoms with Crippen molar-refractivity contribution >= 4 is 53.3 Å². The third kappa shape index (κ3) is 5.64. The molecule has 7 aromatic carbocycles. The highest BCUT2D eigenvalue weighted by molar-refractivity contribution is 7.26. The number of hydrogen-bond donors (Lipinski definition) is 1. The number of allylic oxidation sites excluding steroid dienone is 4. The molecule has 10 aromatic rings. The first-order valence-electron chi connectivity index (χ1n) is 19.0. The summed E-state index contributed by atoms with van der Waals surface area (Å²) in [6.45, 7) is 0. The molecule has 3 heterocycles. The molecule has 0 fully saturated rings. The van der Waals surface area contributed by atoms with Crippen molar-refractivity contribution in [3.63, 3.8) is 0 Å². The van der Waals surface area contributed by atoms with Gasteiger partial charge in [0.25, 0.3) is 0 Å². The second-order valence-electron chi connectivity index (χ2n) is 14.4. The first kappa shape index (κ1) is 32.5. The Kier molecular flexibility index (Phi) is 7.78. The SMILES string of the molecule is C1=CCC(c2nc(-c3ccc(-c4ccccc4)cc3)nc(-c3cccc4[nH]c5cc(-c6cc(-c7ccccc7)cc7c6sc6ccccc67)ccc5c34)n2)C=C1. The Morgan fingerprint density at radius 3 is 2.00 bits per heavy atom. The first-order chi connectivity index (χ1) is 27.7. The topological polar surface area (TPSA) is 54.5 Å². The molecule has 0 bridgehead atoms. The Bertz CT molecular complexity index is 3160. The van der Waals surface area contributed by atoms with Gasteiger partial charge in [-0.15, -0.1) is 11.3 Å². The Morgan fingerprint density at radius 2 is 1.20 bits per heavy atom. The van der Waals surface area contributed by atoms with E-state index in [0.29, 0.717) is 11.6 Å². The molecule has 11 rings (SSSR count). The van der Waals surface area contributed by atoms with E-state index in [1.165, 1.54) is 48.0 Å². The van der Waals surface area contributed by atoms with Crippen LogP contribution in [0, 0.1) is 0 Å². The molecular weight excluding hydrogens is 701 g/mol. The fourth-order valence-corrected chi connectivity index (χ4v) is 9.39. The Hall–Kier alpha value is -6.95. The lowest BCUT2D eigenvalue weighted by Crippen LogP contribution is -2.08. The molecule has 3 aromatic heterocycles. The molecule has 0 saturated heterocycles. The zero-order chi connectivity index (χ0) is 37.0. The molecule has 0 aliphatic heterocycles. The van der Waals surface area contributed by atoms with E-state index in [2.05, 4.69) is 181 Å². The van der Waals surface area contributed by atoms with E-state index in [9.17, 15) is 0 Å². The number of H-pyrrole nitrogens is 1. The van der Waals surface area contributed by atoms with Crippen LogP contribution in [0.2, 0.25) is 0 Å². The standard InChI is InChI=1S/C51H34N4S/c1-4-13-32(14-5-1)34-23-25-36(26-24-34)50-53-49(35-17-8-3-9-18-35)54-51(55-50)41-20-12-21-44-47(41)40-28-27-37(31-45(40)52-44)42-29-38(33-15-6-2-7-16-33)30-43-39-19-10-11-22-46(39)56-48(42)43/h1-17,19-31,35,52H,18H2. The number of rotatable bonds is 6. The van der Waals surface area contributed by atoms with Crippen molar-refractivity contribution < 1.29 is 0 Å². The molecule has 0 amide bonds. The average molecular weight is 735 g/mol. The van der Waals surface area contributed by atoms with Crippen LogP contribution in [0.4, 0.5) is 0 Å². The average Bonchev–Trinajstić information content (AvgIpc) is 3.85. The number of fused-ring (bicyclic) bond motifs is 6. The zero-order valence-corrected chi connectivity index (χ0v) is 31.2. The predicted molar refractivity (Wildman–Crippen MR) is 235 cm³/mol. The summed E-state index contributed by atoms with van der Waals surface area (Å²) in [5.74, 6) is 2.21. The monoisotopic (exact) mass is 734 g/mol. The molecule has 4 nitrogen and oxygen atoms in total. The molecular formula is C51H34N4S. The molecule has 1 aliphatic rings. The van der Waals surface area contributed by atoms with Crippen LogP contribution in [0.3, 0.4) is 0 Å². The van der Waals surface area contributed by atoms with Crippen LogP contribution in [0.1, 0.15) is 18.2 Å². The minimum Gasteiger partial charge on any atom is -0.354 e. The summed E-state index contributed by atoms with van der Waals surface area (Å²) in [6.07, 6.45) is 9.40. The van der Waals surface area contributed by atoms with E-state index in [1.807, 2.05) is 17.4 Å². The number of nitrogens with one attached hydrogen (secondary N) is 1. The van der Waals surface area contributed by atoms with Gasteiger partial charge in [0.1, 0.15) is 5.82 Å². The summed E-state index contributed by atoms with van der Waals surface area (Å²) in [5, 5.41) is 4.84. The molecule has 1 unspecified atom stereocenters. The van der Waals surface area contributed by atoms with Gasteiger partial charge < -0.3 is 4.98 Å². The lowest BCUT2D eigenvalue weighted by Gasteiger charge is -2.15. The van der Waals surface area contributed by atoms with Gasteiger partial charge in [0, 0.05) is 64.6 Å². The number of aromatic nitrogens is 4. The molecule has 1 N–H and O–H groups in total. The van der Waals surface area contributed by atoms with Gasteiger partial charge in [-0.3, -0.25) is 0 Å². The molecule has 0 spiro atoms. The maximum absolute atomic E-state index is 5.19. The van der Waals surface area contributed by atoms with Gasteiger partial charge in [-0.2, -0.15) is 0 Å². The third-order valence-electron chi connectivity index (χ3n) is 11.0. The molecule has 264 valence electrons. The molecule has 0 radical (unpaired) electrons. The largest absolute Gasteiger partial charge is 0.354 e. The summed E-state index contributed by atoms with van der Waals surface area (Å²) in [6, 6.07) is 56.4. The van der Waals surface area contributed by atoms with E-state index in [-0.39, 0.29) is 5.92 Å². The van der Waals surface area contributed by atoms with E-state index < -0.39 is 0 Å². The highest BCUT2D eigenvalue weighted by Gasteiger charge is 2.21. The van der Waals surface area contributed by atoms with E-state index >= 15 is 0 Å². The van der Waals surface area contributed by atoms with Gasteiger partial charge in [0.2, 0.25) is 0 Å². The molecule has 1 atom stereocenters. The van der Waals surface area contributed by atoms with Crippen molar-refractivity contribution in [3.05, 3.63) is 188 Å². The second-order valence-corrected chi connectivity index (χ2v) is 15.5. The van der Waals surface area contributed by atoms with Crippen LogP contribution in [0.25, 0.3) is 98.1 Å². The van der Waals surface area contributed by atoms with Crippen LogP contribution in [0.15, 0.2) is 182 Å². The van der Waals surface area contributed by atoms with Crippen molar-refractivity contribution in [2.24, 2.45) is 0 Å². The van der Waals surface area contributed by atoms with Crippen molar-refractivity contribution in [2.45, 2.75) is 12.3 Å². The number of nitrogens with zero attached hydrogens (tertiary/aromatic N) is 3. The predicted octanol–water partition coefficient (Wildman–Crippen LogP) is 13.8. The van der Waals surface area contributed by atoms with Crippen LogP contribution >= 0.6 is 11.3 Å². The summed E-state index contributed by atoms with van der Waals surface area (Å²) < 4.78 is 2.60. The fourth-order valence-electron chi connectivity index (χ4n) is 8.17. The molecule has 0 saturated carbocycles. The van der Waals surface area contributed by atoms with Crippen molar-refractivity contribution in [1.82, 2.24) is 19.9 Å². The second kappa shape index (κ2) is 13.4. The summed E-state index contributed by atoms with van der Waals surface area (Å²) in [5.41, 5.74) is 11.3. The van der Waals surface area contributed by atoms with Gasteiger partial charge in [-0.1, -0.05) is 152 Å². The van der Waals surface area contributed by atoms with E-state index in [4.69, 9.17) is 15.0 Å². The van der Waals surface area contributed by atoms with Gasteiger partial charge in [-0.25, -0.2) is 15.0 Å². The summed E-state index contributed by atoms with van der Waals surface area (Å²) in [7, 11) is 0. The van der Waals surface area contributed by atoms with Gasteiger partial charge >= 0.3 is 0 Å². The van der Waals surface area contributed by atoms with Crippen LogP contribution < -0.4 is 0 Å². The van der Waals surface area contributed by atoms with Crippen molar-refractivity contribution in [2.75, 3.05) is 0 Å². The first-order valence-corrected chi connectivity index (χ1v) is 19.9. The quantitative estimate of drug-likeness (QED) is 0.185. The van der Waals surface area contributed by atoms with Crippen LogP contribution in [-0.2, 0) is 0 Å². The maximum Gasteiger partial charge on any atom is 0.164 e. The van der Waals surface area contributed by atoms with Gasteiger partial charge in [0.05, 0.1) is 0 Å². The summed E-state index contributed by atoms with van der Waals surface area (Å²) in [4.78, 5) is 19.2. The lowest BCUT2D eigenvalue weighted by molar-refractivity contribution is 0.764. The normalized spacial score (nSPS) is 14.0. The molecule has 1 aliphatic carbocycles. The highest BCUT2D eigenvalue weighted by atomic mass is 32.1. The number of thiophene rings is 1. The number of aromatic amines is 1. The highest BCUT2D eigenvalue weighted by Crippen LogP contribution is 2.44. The third-order valence-corrected chi connectivity index (χ3v) is 12.2.